The van der Waals surface area contributed by atoms with Gasteiger partial charge in [-0.1, -0.05) is 12.5 Å². The number of carboxylic acid groups (broad SMARTS) is 1. The number of carbonyl (C=O) groups excluding carboxylic acids is 1. The van der Waals surface area contributed by atoms with E-state index in [1.54, 1.807) is 6.08 Å². The maximum absolute atomic E-state index is 12.0. The van der Waals surface area contributed by atoms with Gasteiger partial charge in [-0.2, -0.15) is 0 Å². The average molecular weight is 265 g/mol. The second kappa shape index (κ2) is 6.22. The van der Waals surface area contributed by atoms with Crippen molar-refractivity contribution in [1.82, 2.24) is 5.32 Å². The quantitative estimate of drug-likeness (QED) is 0.694. The first-order valence-electron chi connectivity index (χ1n) is 7.23. The minimum Gasteiger partial charge on any atom is -0.480 e. The summed E-state index contributed by atoms with van der Waals surface area (Å²) in [7, 11) is 0. The Hall–Kier alpha value is -1.32. The highest BCUT2D eigenvalue weighted by molar-refractivity contribution is 5.83. The van der Waals surface area contributed by atoms with Crippen molar-refractivity contribution in [2.24, 2.45) is 17.8 Å². The third-order valence-corrected chi connectivity index (χ3v) is 4.62. The third kappa shape index (κ3) is 3.58. The molecule has 0 aromatic heterocycles. The van der Waals surface area contributed by atoms with Crippen LogP contribution in [0.15, 0.2) is 12.7 Å². The SMILES string of the molecule is C=CCCC(NC(=O)CC1CC2CCC1C2)C(=O)O. The topological polar surface area (TPSA) is 66.4 Å². The molecule has 2 N–H and O–H groups in total. The lowest BCUT2D eigenvalue weighted by atomic mass is 9.86. The summed E-state index contributed by atoms with van der Waals surface area (Å²) in [6.45, 7) is 3.57. The van der Waals surface area contributed by atoms with Crippen LogP contribution in [0.3, 0.4) is 0 Å². The van der Waals surface area contributed by atoms with Crippen molar-refractivity contribution in [1.29, 1.82) is 0 Å². The van der Waals surface area contributed by atoms with E-state index in [9.17, 15) is 9.59 Å². The Morgan fingerprint density at radius 1 is 1.37 bits per heavy atom. The van der Waals surface area contributed by atoms with Gasteiger partial charge >= 0.3 is 5.97 Å². The number of hydrogen-bond acceptors (Lipinski definition) is 2. The smallest absolute Gasteiger partial charge is 0.326 e. The number of rotatable bonds is 7. The molecule has 0 spiro atoms. The largest absolute Gasteiger partial charge is 0.480 e. The van der Waals surface area contributed by atoms with Crippen molar-refractivity contribution in [2.45, 2.75) is 51.0 Å². The Morgan fingerprint density at radius 2 is 2.16 bits per heavy atom. The van der Waals surface area contributed by atoms with Crippen molar-refractivity contribution >= 4 is 11.9 Å². The van der Waals surface area contributed by atoms with Crippen molar-refractivity contribution in [3.8, 4) is 0 Å². The molecule has 0 aliphatic heterocycles. The van der Waals surface area contributed by atoms with Gasteiger partial charge in [0.15, 0.2) is 0 Å². The highest BCUT2D eigenvalue weighted by Crippen LogP contribution is 2.49. The van der Waals surface area contributed by atoms with E-state index in [4.69, 9.17) is 5.11 Å². The molecule has 2 bridgehead atoms. The lowest BCUT2D eigenvalue weighted by molar-refractivity contribution is -0.142. The molecule has 0 aromatic rings. The highest BCUT2D eigenvalue weighted by Gasteiger charge is 2.40. The fourth-order valence-corrected chi connectivity index (χ4v) is 3.66. The van der Waals surface area contributed by atoms with Crippen molar-refractivity contribution in [3.63, 3.8) is 0 Å². The first kappa shape index (κ1) is 14.1. The number of carbonyl (C=O) groups is 2. The zero-order valence-electron chi connectivity index (χ0n) is 11.3. The molecule has 4 nitrogen and oxygen atoms in total. The van der Waals surface area contributed by atoms with Gasteiger partial charge in [-0.05, 0) is 49.9 Å². The lowest BCUT2D eigenvalue weighted by Gasteiger charge is -2.22. The van der Waals surface area contributed by atoms with E-state index in [-0.39, 0.29) is 5.91 Å². The first-order valence-corrected chi connectivity index (χ1v) is 7.23. The molecule has 19 heavy (non-hydrogen) atoms. The molecule has 1 amide bonds. The second-order valence-electron chi connectivity index (χ2n) is 5.96. The van der Waals surface area contributed by atoms with Crippen LogP contribution in [0, 0.1) is 17.8 Å². The van der Waals surface area contributed by atoms with E-state index in [2.05, 4.69) is 11.9 Å². The van der Waals surface area contributed by atoms with Gasteiger partial charge < -0.3 is 10.4 Å². The molecule has 0 radical (unpaired) electrons. The van der Waals surface area contributed by atoms with E-state index in [0.29, 0.717) is 31.1 Å². The van der Waals surface area contributed by atoms with Gasteiger partial charge in [0.05, 0.1) is 0 Å². The third-order valence-electron chi connectivity index (χ3n) is 4.62. The average Bonchev–Trinajstić information content (AvgIpc) is 2.96. The zero-order valence-corrected chi connectivity index (χ0v) is 11.3. The van der Waals surface area contributed by atoms with Gasteiger partial charge in [-0.25, -0.2) is 4.79 Å². The van der Waals surface area contributed by atoms with Crippen LogP contribution in [0.1, 0.15) is 44.9 Å². The number of amides is 1. The van der Waals surface area contributed by atoms with E-state index >= 15 is 0 Å². The van der Waals surface area contributed by atoms with Gasteiger partial charge in [0.2, 0.25) is 5.91 Å². The summed E-state index contributed by atoms with van der Waals surface area (Å²) in [6.07, 6.45) is 8.20. The molecule has 2 saturated carbocycles. The van der Waals surface area contributed by atoms with Crippen LogP contribution in [0.25, 0.3) is 0 Å². The number of fused-ring (bicyclic) bond motifs is 2. The lowest BCUT2D eigenvalue weighted by Crippen LogP contribution is -2.41. The molecule has 2 aliphatic carbocycles. The molecule has 2 fully saturated rings. The normalized spacial score (nSPS) is 30.0. The predicted octanol–water partition coefficient (Wildman–Crippen LogP) is 2.35. The summed E-state index contributed by atoms with van der Waals surface area (Å²) < 4.78 is 0. The molecule has 106 valence electrons. The summed E-state index contributed by atoms with van der Waals surface area (Å²) in [4.78, 5) is 23.0. The molecule has 0 saturated heterocycles. The summed E-state index contributed by atoms with van der Waals surface area (Å²) in [6, 6.07) is -0.774. The molecular formula is C15H23NO3. The molecule has 4 heteroatoms. The Kier molecular flexibility index (Phi) is 4.61. The van der Waals surface area contributed by atoms with Crippen LogP contribution in [0.2, 0.25) is 0 Å². The van der Waals surface area contributed by atoms with E-state index in [1.807, 2.05) is 0 Å². The fourth-order valence-electron chi connectivity index (χ4n) is 3.66. The minimum atomic E-state index is -0.955. The summed E-state index contributed by atoms with van der Waals surface area (Å²) in [5.74, 6) is 0.941. The monoisotopic (exact) mass is 265 g/mol. The Labute approximate surface area is 114 Å². The van der Waals surface area contributed by atoms with Crippen molar-refractivity contribution in [3.05, 3.63) is 12.7 Å². The number of allylic oxidation sites excluding steroid dienone is 1. The predicted molar refractivity (Wildman–Crippen MR) is 72.6 cm³/mol. The van der Waals surface area contributed by atoms with Crippen molar-refractivity contribution < 1.29 is 14.7 Å². The van der Waals surface area contributed by atoms with Gasteiger partial charge in [0.25, 0.3) is 0 Å². The Balaban J connectivity index is 1.79. The standard InChI is InChI=1S/C15H23NO3/c1-2-3-4-13(15(18)19)16-14(17)9-12-8-10-5-6-11(12)7-10/h2,10-13H,1,3-9H2,(H,16,17)(H,18,19). The number of carboxylic acids is 1. The molecule has 2 rings (SSSR count). The molecule has 0 aromatic carbocycles. The van der Waals surface area contributed by atoms with Crippen LogP contribution in [0.4, 0.5) is 0 Å². The number of aliphatic carboxylic acids is 1. The van der Waals surface area contributed by atoms with E-state index < -0.39 is 12.0 Å². The summed E-state index contributed by atoms with van der Waals surface area (Å²) >= 11 is 0. The molecule has 2 aliphatic rings. The van der Waals surface area contributed by atoms with Crippen LogP contribution in [-0.2, 0) is 9.59 Å². The molecule has 4 atom stereocenters. The molecular weight excluding hydrogens is 242 g/mol. The highest BCUT2D eigenvalue weighted by atomic mass is 16.4. The number of nitrogens with one attached hydrogen (secondary N) is 1. The fraction of sp³-hybridized carbons (Fsp3) is 0.733. The van der Waals surface area contributed by atoms with Crippen molar-refractivity contribution in [2.75, 3.05) is 0 Å². The minimum absolute atomic E-state index is 0.103. The molecule has 4 unspecified atom stereocenters. The van der Waals surface area contributed by atoms with Crippen LogP contribution >= 0.6 is 0 Å². The Bertz CT molecular complexity index is 366. The van der Waals surface area contributed by atoms with Gasteiger partial charge in [0, 0.05) is 6.42 Å². The van der Waals surface area contributed by atoms with Gasteiger partial charge in [-0.15, -0.1) is 6.58 Å². The van der Waals surface area contributed by atoms with Crippen LogP contribution in [0.5, 0.6) is 0 Å². The first-order chi connectivity index (χ1) is 9.10. The maximum Gasteiger partial charge on any atom is 0.326 e. The van der Waals surface area contributed by atoms with Crippen LogP contribution < -0.4 is 5.32 Å². The number of hydrogen-bond donors (Lipinski definition) is 2. The molecule has 0 heterocycles. The second-order valence-corrected chi connectivity index (χ2v) is 5.96. The summed E-state index contributed by atoms with van der Waals surface area (Å²) in [5.41, 5.74) is 0. The maximum atomic E-state index is 12.0. The van der Waals surface area contributed by atoms with Gasteiger partial charge in [0.1, 0.15) is 6.04 Å². The van der Waals surface area contributed by atoms with Gasteiger partial charge in [-0.3, -0.25) is 4.79 Å². The summed E-state index contributed by atoms with van der Waals surface area (Å²) in [5, 5.41) is 11.7. The Morgan fingerprint density at radius 3 is 2.68 bits per heavy atom. The van der Waals surface area contributed by atoms with Crippen LogP contribution in [-0.4, -0.2) is 23.0 Å². The van der Waals surface area contributed by atoms with E-state index in [0.717, 1.165) is 12.3 Å². The zero-order chi connectivity index (χ0) is 13.8. The van der Waals surface area contributed by atoms with E-state index in [1.165, 1.54) is 19.3 Å².